The highest BCUT2D eigenvalue weighted by Crippen LogP contribution is 2.31. The number of nitrogens with one attached hydrogen (secondary N) is 1. The zero-order chi connectivity index (χ0) is 15.4. The molecule has 0 atom stereocenters. The standard InChI is InChI=1S/C17H27N3O/c1-5-8-18-16-9-13(4)19-10-15(16)17(21)20(12(2)3)11-14-6-7-14/h9-10,12,14H,5-8,11H2,1-4H3,(H,18,19). The number of amides is 1. The first-order valence-corrected chi connectivity index (χ1v) is 8.04. The molecule has 0 aromatic carbocycles. The summed E-state index contributed by atoms with van der Waals surface area (Å²) in [6.07, 6.45) is 5.26. The van der Waals surface area contributed by atoms with Crippen molar-refractivity contribution in [3.05, 3.63) is 23.5 Å². The summed E-state index contributed by atoms with van der Waals surface area (Å²) < 4.78 is 0. The molecule has 1 aliphatic carbocycles. The Morgan fingerprint density at radius 1 is 1.48 bits per heavy atom. The number of hydrogen-bond acceptors (Lipinski definition) is 3. The molecule has 1 aliphatic rings. The molecule has 2 rings (SSSR count). The SMILES string of the molecule is CCCNc1cc(C)ncc1C(=O)N(CC1CC1)C(C)C. The van der Waals surface area contributed by atoms with Gasteiger partial charge < -0.3 is 10.2 Å². The third-order valence-corrected chi connectivity index (χ3v) is 3.87. The Balaban J connectivity index is 2.22. The maximum atomic E-state index is 12.9. The lowest BCUT2D eigenvalue weighted by Crippen LogP contribution is -2.39. The van der Waals surface area contributed by atoms with E-state index < -0.39 is 0 Å². The summed E-state index contributed by atoms with van der Waals surface area (Å²) in [4.78, 5) is 19.2. The number of nitrogens with zero attached hydrogens (tertiary/aromatic N) is 2. The monoisotopic (exact) mass is 289 g/mol. The maximum absolute atomic E-state index is 12.9. The van der Waals surface area contributed by atoms with E-state index in [0.29, 0.717) is 11.5 Å². The average molecular weight is 289 g/mol. The molecule has 0 aliphatic heterocycles. The van der Waals surface area contributed by atoms with Gasteiger partial charge in [0.25, 0.3) is 5.91 Å². The van der Waals surface area contributed by atoms with Crippen LogP contribution in [0.5, 0.6) is 0 Å². The average Bonchev–Trinajstić information content (AvgIpc) is 3.25. The number of carbonyl (C=O) groups excluding carboxylic acids is 1. The number of aromatic nitrogens is 1. The first kappa shape index (κ1) is 15.8. The lowest BCUT2D eigenvalue weighted by Gasteiger charge is -2.27. The van der Waals surface area contributed by atoms with Crippen LogP contribution >= 0.6 is 0 Å². The predicted molar refractivity (Wildman–Crippen MR) is 86.7 cm³/mol. The molecule has 21 heavy (non-hydrogen) atoms. The normalized spacial score (nSPS) is 14.3. The van der Waals surface area contributed by atoms with E-state index >= 15 is 0 Å². The molecule has 4 nitrogen and oxygen atoms in total. The van der Waals surface area contributed by atoms with Crippen LogP contribution in [-0.2, 0) is 0 Å². The van der Waals surface area contributed by atoms with Crippen LogP contribution in [0.4, 0.5) is 5.69 Å². The lowest BCUT2D eigenvalue weighted by atomic mass is 10.1. The minimum Gasteiger partial charge on any atom is -0.384 e. The molecule has 1 aromatic rings. The molecule has 1 aromatic heterocycles. The van der Waals surface area contributed by atoms with Gasteiger partial charge in [0.15, 0.2) is 0 Å². The highest BCUT2D eigenvalue weighted by Gasteiger charge is 2.29. The second kappa shape index (κ2) is 6.92. The van der Waals surface area contributed by atoms with Crippen molar-refractivity contribution in [1.82, 2.24) is 9.88 Å². The quantitative estimate of drug-likeness (QED) is 0.836. The van der Waals surface area contributed by atoms with Gasteiger partial charge in [-0.05, 0) is 52.0 Å². The largest absolute Gasteiger partial charge is 0.384 e. The Labute approximate surface area is 127 Å². The van der Waals surface area contributed by atoms with E-state index in [4.69, 9.17) is 0 Å². The Kier molecular flexibility index (Phi) is 5.21. The van der Waals surface area contributed by atoms with E-state index in [-0.39, 0.29) is 11.9 Å². The highest BCUT2D eigenvalue weighted by atomic mass is 16.2. The molecule has 4 heteroatoms. The molecule has 0 saturated heterocycles. The number of aryl methyl sites for hydroxylation is 1. The van der Waals surface area contributed by atoms with Crippen molar-refractivity contribution in [1.29, 1.82) is 0 Å². The maximum Gasteiger partial charge on any atom is 0.257 e. The molecular formula is C17H27N3O. The van der Waals surface area contributed by atoms with Crippen LogP contribution in [0.25, 0.3) is 0 Å². The molecule has 116 valence electrons. The fraction of sp³-hybridized carbons (Fsp3) is 0.647. The minimum absolute atomic E-state index is 0.100. The molecule has 0 bridgehead atoms. The van der Waals surface area contributed by atoms with E-state index in [0.717, 1.165) is 30.9 Å². The Morgan fingerprint density at radius 3 is 2.76 bits per heavy atom. The zero-order valence-corrected chi connectivity index (χ0v) is 13.6. The molecule has 0 unspecified atom stereocenters. The first-order valence-electron chi connectivity index (χ1n) is 8.04. The fourth-order valence-corrected chi connectivity index (χ4v) is 2.40. The first-order chi connectivity index (χ1) is 10.0. The summed E-state index contributed by atoms with van der Waals surface area (Å²) in [7, 11) is 0. The molecular weight excluding hydrogens is 262 g/mol. The number of pyridine rings is 1. The Hall–Kier alpha value is -1.58. The van der Waals surface area contributed by atoms with Crippen LogP contribution in [-0.4, -0.2) is 34.9 Å². The summed E-state index contributed by atoms with van der Waals surface area (Å²) >= 11 is 0. The van der Waals surface area contributed by atoms with E-state index in [1.807, 2.05) is 17.9 Å². The van der Waals surface area contributed by atoms with Gasteiger partial charge in [0.05, 0.1) is 11.3 Å². The summed E-state index contributed by atoms with van der Waals surface area (Å²) in [6, 6.07) is 2.19. The van der Waals surface area contributed by atoms with Crippen molar-refractivity contribution in [2.45, 2.75) is 53.0 Å². The van der Waals surface area contributed by atoms with Crippen LogP contribution in [0.1, 0.15) is 56.1 Å². The van der Waals surface area contributed by atoms with Gasteiger partial charge in [0.2, 0.25) is 0 Å². The van der Waals surface area contributed by atoms with Crippen LogP contribution < -0.4 is 5.32 Å². The smallest absolute Gasteiger partial charge is 0.257 e. The summed E-state index contributed by atoms with van der Waals surface area (Å²) in [5.41, 5.74) is 2.54. The van der Waals surface area contributed by atoms with Crippen LogP contribution in [0.2, 0.25) is 0 Å². The molecule has 1 saturated carbocycles. The predicted octanol–water partition coefficient (Wildman–Crippen LogP) is 3.47. The van der Waals surface area contributed by atoms with E-state index in [1.54, 1.807) is 6.20 Å². The third-order valence-electron chi connectivity index (χ3n) is 3.87. The van der Waals surface area contributed by atoms with E-state index in [2.05, 4.69) is 31.1 Å². The van der Waals surface area contributed by atoms with Crippen molar-refractivity contribution in [2.75, 3.05) is 18.4 Å². The van der Waals surface area contributed by atoms with Crippen molar-refractivity contribution in [3.8, 4) is 0 Å². The van der Waals surface area contributed by atoms with E-state index in [9.17, 15) is 4.79 Å². The van der Waals surface area contributed by atoms with Crippen molar-refractivity contribution in [3.63, 3.8) is 0 Å². The summed E-state index contributed by atoms with van der Waals surface area (Å²) in [5.74, 6) is 0.796. The Morgan fingerprint density at radius 2 is 2.19 bits per heavy atom. The number of anilines is 1. The van der Waals surface area contributed by atoms with Gasteiger partial charge >= 0.3 is 0 Å². The molecule has 1 N–H and O–H groups in total. The topological polar surface area (TPSA) is 45.2 Å². The second-order valence-corrected chi connectivity index (χ2v) is 6.29. The summed E-state index contributed by atoms with van der Waals surface area (Å²) in [6.45, 7) is 9.99. The van der Waals surface area contributed by atoms with Gasteiger partial charge in [-0.25, -0.2) is 0 Å². The van der Waals surface area contributed by atoms with Gasteiger partial charge in [-0.15, -0.1) is 0 Å². The van der Waals surface area contributed by atoms with Gasteiger partial charge in [-0.3, -0.25) is 9.78 Å². The second-order valence-electron chi connectivity index (χ2n) is 6.29. The molecule has 0 radical (unpaired) electrons. The Bertz CT molecular complexity index is 495. The fourth-order valence-electron chi connectivity index (χ4n) is 2.40. The van der Waals surface area contributed by atoms with Gasteiger partial charge in [0.1, 0.15) is 0 Å². The molecule has 1 heterocycles. The zero-order valence-electron chi connectivity index (χ0n) is 13.6. The van der Waals surface area contributed by atoms with E-state index in [1.165, 1.54) is 12.8 Å². The van der Waals surface area contributed by atoms with Crippen LogP contribution in [0.3, 0.4) is 0 Å². The van der Waals surface area contributed by atoms with Crippen LogP contribution in [0.15, 0.2) is 12.3 Å². The highest BCUT2D eigenvalue weighted by molar-refractivity contribution is 5.99. The van der Waals surface area contributed by atoms with Gasteiger partial charge in [-0.2, -0.15) is 0 Å². The number of carbonyl (C=O) groups is 1. The van der Waals surface area contributed by atoms with Crippen LogP contribution in [0, 0.1) is 12.8 Å². The van der Waals surface area contributed by atoms with Crippen molar-refractivity contribution < 1.29 is 4.79 Å². The van der Waals surface area contributed by atoms with Crippen molar-refractivity contribution >= 4 is 11.6 Å². The van der Waals surface area contributed by atoms with Gasteiger partial charge in [-0.1, -0.05) is 6.92 Å². The van der Waals surface area contributed by atoms with Gasteiger partial charge in [0, 0.05) is 31.0 Å². The number of rotatable bonds is 7. The summed E-state index contributed by atoms with van der Waals surface area (Å²) in [5, 5.41) is 3.36. The minimum atomic E-state index is 0.100. The molecule has 0 spiro atoms. The molecule has 1 amide bonds. The third kappa shape index (κ3) is 4.19. The number of hydrogen-bond donors (Lipinski definition) is 1. The molecule has 1 fully saturated rings. The van der Waals surface area contributed by atoms with Crippen molar-refractivity contribution in [2.24, 2.45) is 5.92 Å². The lowest BCUT2D eigenvalue weighted by molar-refractivity contribution is 0.0697.